The van der Waals surface area contributed by atoms with Crippen LogP contribution in [0.3, 0.4) is 0 Å². The molecule has 20 heavy (non-hydrogen) atoms. The average Bonchev–Trinajstić information content (AvgIpc) is 2.48. The zero-order valence-corrected chi connectivity index (χ0v) is 10.3. The van der Waals surface area contributed by atoms with Crippen LogP contribution in [-0.2, 0) is 4.74 Å². The summed E-state index contributed by atoms with van der Waals surface area (Å²) in [6, 6.07) is 8.12. The number of hydrogen-bond acceptors (Lipinski definition) is 6. The second-order valence-corrected chi connectivity index (χ2v) is 3.40. The van der Waals surface area contributed by atoms with Crippen LogP contribution in [0.2, 0.25) is 0 Å². The molecule has 0 bridgehead atoms. The largest absolute Gasteiger partial charge is 0.465 e. The Hall–Kier alpha value is -3.37. The topological polar surface area (TPSA) is 110 Å². The maximum absolute atomic E-state index is 13.4. The van der Waals surface area contributed by atoms with E-state index in [1.165, 1.54) is 6.07 Å². The van der Waals surface area contributed by atoms with E-state index in [-0.39, 0.29) is 16.9 Å². The first kappa shape index (κ1) is 14.7. The molecule has 0 aromatic heterocycles. The molecule has 0 fully saturated rings. The Bertz CT molecular complexity index is 689. The molecule has 1 rings (SSSR count). The number of carbonyl (C=O) groups excluding carboxylic acids is 1. The van der Waals surface area contributed by atoms with Crippen molar-refractivity contribution in [3.8, 4) is 18.2 Å². The number of nitrogens with zero attached hydrogens (tertiary/aromatic N) is 3. The number of rotatable bonds is 3. The number of halogens is 1. The fraction of sp³-hybridized carbons (Fsp3) is 0.0769. The summed E-state index contributed by atoms with van der Waals surface area (Å²) < 4.78 is 17.8. The van der Waals surface area contributed by atoms with E-state index in [1.54, 1.807) is 18.2 Å². The second kappa shape index (κ2) is 6.53. The van der Waals surface area contributed by atoms with Gasteiger partial charge in [-0.1, -0.05) is 0 Å². The SMILES string of the molecule is COC(=O)c1cc(NC(C#N)=C(C#N)C#N)ccc1F. The maximum Gasteiger partial charge on any atom is 0.340 e. The lowest BCUT2D eigenvalue weighted by atomic mass is 10.1. The Morgan fingerprint density at radius 1 is 1.25 bits per heavy atom. The molecule has 0 saturated heterocycles. The van der Waals surface area contributed by atoms with Crippen LogP contribution in [0.5, 0.6) is 0 Å². The molecular formula is C13H7FN4O2. The summed E-state index contributed by atoms with van der Waals surface area (Å²) >= 11 is 0. The number of nitriles is 3. The summed E-state index contributed by atoms with van der Waals surface area (Å²) in [5, 5.41) is 28.7. The highest BCUT2D eigenvalue weighted by molar-refractivity contribution is 5.90. The number of benzene rings is 1. The Balaban J connectivity index is 3.22. The summed E-state index contributed by atoms with van der Waals surface area (Å²) in [4.78, 5) is 11.3. The fourth-order valence-electron chi connectivity index (χ4n) is 1.30. The van der Waals surface area contributed by atoms with Gasteiger partial charge in [-0.05, 0) is 18.2 Å². The van der Waals surface area contributed by atoms with Crippen LogP contribution in [0, 0.1) is 39.8 Å². The van der Waals surface area contributed by atoms with Gasteiger partial charge in [0.15, 0.2) is 5.57 Å². The zero-order valence-electron chi connectivity index (χ0n) is 10.3. The van der Waals surface area contributed by atoms with Crippen LogP contribution in [0.25, 0.3) is 0 Å². The standard InChI is InChI=1S/C13H7FN4O2/c1-20-13(19)10-4-9(2-3-11(10)14)18-12(7-17)8(5-15)6-16/h2-4,18H,1H3. The van der Waals surface area contributed by atoms with Crippen molar-refractivity contribution in [3.63, 3.8) is 0 Å². The molecule has 98 valence electrons. The van der Waals surface area contributed by atoms with Crippen LogP contribution in [0.1, 0.15) is 10.4 Å². The van der Waals surface area contributed by atoms with E-state index < -0.39 is 17.4 Å². The third kappa shape index (κ3) is 3.10. The molecule has 6 nitrogen and oxygen atoms in total. The van der Waals surface area contributed by atoms with Crippen LogP contribution in [0.15, 0.2) is 29.5 Å². The van der Waals surface area contributed by atoms with E-state index in [2.05, 4.69) is 10.1 Å². The number of nitrogens with one attached hydrogen (secondary N) is 1. The number of carbonyl (C=O) groups is 1. The first-order chi connectivity index (χ1) is 9.57. The van der Waals surface area contributed by atoms with Crippen molar-refractivity contribution in [2.45, 2.75) is 0 Å². The van der Waals surface area contributed by atoms with Crippen molar-refractivity contribution in [1.29, 1.82) is 15.8 Å². The van der Waals surface area contributed by atoms with E-state index >= 15 is 0 Å². The molecule has 7 heteroatoms. The summed E-state index contributed by atoms with van der Waals surface area (Å²) in [5.41, 5.74) is -0.870. The highest BCUT2D eigenvalue weighted by Crippen LogP contribution is 2.18. The van der Waals surface area contributed by atoms with Gasteiger partial charge in [-0.3, -0.25) is 0 Å². The molecule has 1 aromatic carbocycles. The number of methoxy groups -OCH3 is 1. The molecule has 1 N–H and O–H groups in total. The molecule has 0 heterocycles. The van der Waals surface area contributed by atoms with E-state index in [0.29, 0.717) is 0 Å². The van der Waals surface area contributed by atoms with Crippen molar-refractivity contribution in [2.24, 2.45) is 0 Å². The third-order valence-electron chi connectivity index (χ3n) is 2.23. The van der Waals surface area contributed by atoms with Crippen molar-refractivity contribution < 1.29 is 13.9 Å². The van der Waals surface area contributed by atoms with Crippen molar-refractivity contribution in [2.75, 3.05) is 12.4 Å². The Morgan fingerprint density at radius 2 is 1.90 bits per heavy atom. The molecule has 0 aliphatic rings. The molecule has 0 spiro atoms. The molecule has 0 aliphatic carbocycles. The van der Waals surface area contributed by atoms with Gasteiger partial charge in [-0.2, -0.15) is 15.8 Å². The number of esters is 1. The predicted octanol–water partition coefficient (Wildman–Crippen LogP) is 1.85. The first-order valence-electron chi connectivity index (χ1n) is 5.16. The third-order valence-corrected chi connectivity index (χ3v) is 2.23. The van der Waals surface area contributed by atoms with E-state index in [1.807, 2.05) is 0 Å². The second-order valence-electron chi connectivity index (χ2n) is 3.40. The summed E-state index contributed by atoms with van der Waals surface area (Å²) in [5.74, 6) is -1.67. The molecule has 0 unspecified atom stereocenters. The number of hydrogen-bond donors (Lipinski definition) is 1. The minimum absolute atomic E-state index is 0.173. The molecule has 0 amide bonds. The summed E-state index contributed by atoms with van der Waals surface area (Å²) in [6.45, 7) is 0. The minimum Gasteiger partial charge on any atom is -0.465 e. The lowest BCUT2D eigenvalue weighted by Gasteiger charge is -2.07. The van der Waals surface area contributed by atoms with E-state index in [9.17, 15) is 9.18 Å². The minimum atomic E-state index is -0.880. The van der Waals surface area contributed by atoms with Gasteiger partial charge in [0, 0.05) is 5.69 Å². The van der Waals surface area contributed by atoms with Gasteiger partial charge in [-0.25, -0.2) is 9.18 Å². The van der Waals surface area contributed by atoms with Crippen LogP contribution in [-0.4, -0.2) is 13.1 Å². The van der Waals surface area contributed by atoms with Gasteiger partial charge >= 0.3 is 5.97 Å². The fourth-order valence-corrected chi connectivity index (χ4v) is 1.30. The van der Waals surface area contributed by atoms with Crippen molar-refractivity contribution >= 4 is 11.7 Å². The van der Waals surface area contributed by atoms with Crippen LogP contribution in [0.4, 0.5) is 10.1 Å². The highest BCUT2D eigenvalue weighted by Gasteiger charge is 2.14. The molecule has 0 radical (unpaired) electrons. The van der Waals surface area contributed by atoms with Crippen LogP contribution >= 0.6 is 0 Å². The Labute approximate surface area is 113 Å². The van der Waals surface area contributed by atoms with Gasteiger partial charge in [0.1, 0.15) is 29.7 Å². The Kier molecular flexibility index (Phi) is 4.80. The quantitative estimate of drug-likeness (QED) is 0.663. The van der Waals surface area contributed by atoms with Gasteiger partial charge < -0.3 is 10.1 Å². The highest BCUT2D eigenvalue weighted by atomic mass is 19.1. The van der Waals surface area contributed by atoms with Gasteiger partial charge in [0.2, 0.25) is 0 Å². The van der Waals surface area contributed by atoms with E-state index in [4.69, 9.17) is 15.8 Å². The lowest BCUT2D eigenvalue weighted by Crippen LogP contribution is -2.07. The van der Waals surface area contributed by atoms with Gasteiger partial charge in [0.25, 0.3) is 0 Å². The maximum atomic E-state index is 13.4. The zero-order chi connectivity index (χ0) is 15.1. The average molecular weight is 270 g/mol. The Morgan fingerprint density at radius 3 is 2.40 bits per heavy atom. The number of ether oxygens (including phenoxy) is 1. The predicted molar refractivity (Wildman–Crippen MR) is 65.2 cm³/mol. The normalized spacial score (nSPS) is 8.55. The van der Waals surface area contributed by atoms with Crippen molar-refractivity contribution in [3.05, 3.63) is 40.8 Å². The molecule has 0 atom stereocenters. The van der Waals surface area contributed by atoms with Crippen LogP contribution < -0.4 is 5.32 Å². The molecule has 0 aliphatic heterocycles. The molecular weight excluding hydrogens is 263 g/mol. The summed E-state index contributed by atoms with van der Waals surface area (Å²) in [7, 11) is 1.10. The monoisotopic (exact) mass is 270 g/mol. The molecule has 0 saturated carbocycles. The van der Waals surface area contributed by atoms with Gasteiger partial charge in [0.05, 0.1) is 12.7 Å². The van der Waals surface area contributed by atoms with Gasteiger partial charge in [-0.15, -0.1) is 0 Å². The first-order valence-corrected chi connectivity index (χ1v) is 5.16. The smallest absolute Gasteiger partial charge is 0.340 e. The van der Waals surface area contributed by atoms with Crippen molar-refractivity contribution in [1.82, 2.24) is 0 Å². The van der Waals surface area contributed by atoms with E-state index in [0.717, 1.165) is 19.2 Å². The number of anilines is 1. The number of allylic oxidation sites excluding steroid dienone is 2. The lowest BCUT2D eigenvalue weighted by molar-refractivity contribution is 0.0595. The molecule has 1 aromatic rings. The summed E-state index contributed by atoms with van der Waals surface area (Å²) in [6.07, 6.45) is 0.